The van der Waals surface area contributed by atoms with E-state index in [1.54, 1.807) is 36.0 Å². The van der Waals surface area contributed by atoms with Crippen molar-refractivity contribution < 1.29 is 9.21 Å². The van der Waals surface area contributed by atoms with Crippen molar-refractivity contribution in [3.05, 3.63) is 35.1 Å². The fourth-order valence-electron chi connectivity index (χ4n) is 3.64. The largest absolute Gasteiger partial charge is 0.463 e. The van der Waals surface area contributed by atoms with Crippen LogP contribution in [0, 0.1) is 0 Å². The van der Waals surface area contributed by atoms with Crippen molar-refractivity contribution in [3.8, 4) is 0 Å². The number of rotatable bonds is 3. The first-order valence-corrected chi connectivity index (χ1v) is 8.91. The Morgan fingerprint density at radius 3 is 2.80 bits per heavy atom. The Bertz CT molecular complexity index is 960. The van der Waals surface area contributed by atoms with Crippen LogP contribution in [-0.4, -0.2) is 26.1 Å². The first kappa shape index (κ1) is 15.9. The van der Waals surface area contributed by atoms with Crippen LogP contribution in [0.25, 0.3) is 16.6 Å². The quantitative estimate of drug-likeness (QED) is 0.742. The number of aromatic nitrogens is 3. The number of hydrogen-bond donors (Lipinski definition) is 1. The second kappa shape index (κ2) is 6.38. The minimum atomic E-state index is -0.651. The molecule has 1 N–H and O–H groups in total. The molecule has 0 radical (unpaired) electrons. The van der Waals surface area contributed by atoms with E-state index in [1.807, 2.05) is 0 Å². The van der Waals surface area contributed by atoms with Crippen molar-refractivity contribution >= 4 is 22.5 Å². The Hall–Kier alpha value is -2.57. The zero-order valence-electron chi connectivity index (χ0n) is 14.3. The van der Waals surface area contributed by atoms with Crippen molar-refractivity contribution in [2.75, 3.05) is 0 Å². The molecule has 0 spiro atoms. The number of fused-ring (bicyclic) bond motifs is 3. The molecule has 25 heavy (non-hydrogen) atoms. The molecule has 1 fully saturated rings. The summed E-state index contributed by atoms with van der Waals surface area (Å²) in [6, 6.07) is 3.02. The molecule has 7 nitrogen and oxygen atoms in total. The van der Waals surface area contributed by atoms with Gasteiger partial charge in [-0.05, 0) is 19.8 Å². The fourth-order valence-corrected chi connectivity index (χ4v) is 3.64. The number of hydrogen-bond acceptors (Lipinski definition) is 4. The van der Waals surface area contributed by atoms with E-state index in [9.17, 15) is 9.59 Å². The molecule has 0 saturated heterocycles. The van der Waals surface area contributed by atoms with Crippen LogP contribution in [0.1, 0.15) is 51.5 Å². The average molecular weight is 342 g/mol. The van der Waals surface area contributed by atoms with Crippen LogP contribution in [0.3, 0.4) is 0 Å². The van der Waals surface area contributed by atoms with E-state index < -0.39 is 6.04 Å². The zero-order valence-corrected chi connectivity index (χ0v) is 14.3. The molecule has 0 bridgehead atoms. The highest BCUT2D eigenvalue weighted by atomic mass is 16.3. The lowest BCUT2D eigenvalue weighted by atomic mass is 10.1. The second-order valence-corrected chi connectivity index (χ2v) is 6.82. The predicted octanol–water partition coefficient (Wildman–Crippen LogP) is 2.64. The lowest BCUT2D eigenvalue weighted by molar-refractivity contribution is -0.125. The molecule has 1 aliphatic carbocycles. The Labute approximate surface area is 144 Å². The second-order valence-electron chi connectivity index (χ2n) is 6.82. The van der Waals surface area contributed by atoms with Gasteiger partial charge in [-0.2, -0.15) is 5.10 Å². The molecule has 1 amide bonds. The summed E-state index contributed by atoms with van der Waals surface area (Å²) >= 11 is 0. The van der Waals surface area contributed by atoms with Crippen molar-refractivity contribution in [2.24, 2.45) is 0 Å². The van der Waals surface area contributed by atoms with Crippen LogP contribution in [0.2, 0.25) is 0 Å². The van der Waals surface area contributed by atoms with Gasteiger partial charge in [0.2, 0.25) is 5.91 Å². The minimum Gasteiger partial charge on any atom is -0.463 e. The molecular weight excluding hydrogens is 320 g/mol. The van der Waals surface area contributed by atoms with E-state index in [2.05, 4.69) is 10.4 Å². The smallest absolute Gasteiger partial charge is 0.291 e. The van der Waals surface area contributed by atoms with Crippen LogP contribution in [0.5, 0.6) is 0 Å². The molecule has 3 aromatic heterocycles. The minimum absolute atomic E-state index is 0.152. The summed E-state index contributed by atoms with van der Waals surface area (Å²) < 4.78 is 8.28. The number of furan rings is 1. The maximum absolute atomic E-state index is 12.7. The van der Waals surface area contributed by atoms with Gasteiger partial charge in [0, 0.05) is 18.2 Å². The number of carbonyl (C=O) groups is 1. The summed E-state index contributed by atoms with van der Waals surface area (Å²) in [4.78, 5) is 25.3. The van der Waals surface area contributed by atoms with Gasteiger partial charge in [-0.25, -0.2) is 4.68 Å². The van der Waals surface area contributed by atoms with Crippen LogP contribution in [0.15, 0.2) is 33.9 Å². The first-order chi connectivity index (χ1) is 12.1. The van der Waals surface area contributed by atoms with Crippen molar-refractivity contribution in [1.29, 1.82) is 0 Å². The molecule has 1 aliphatic rings. The predicted molar refractivity (Wildman–Crippen MR) is 93.6 cm³/mol. The molecule has 1 saturated carbocycles. The molecule has 0 aromatic carbocycles. The molecule has 0 aliphatic heterocycles. The SMILES string of the molecule is CC(C(=O)NC1CCCCCC1)n1ncn2c(cc3occc32)c1=O. The Morgan fingerprint density at radius 2 is 2.04 bits per heavy atom. The molecular formula is C18H22N4O3. The van der Waals surface area contributed by atoms with Gasteiger partial charge in [-0.1, -0.05) is 25.7 Å². The normalized spacial score (nSPS) is 17.6. The van der Waals surface area contributed by atoms with Crippen molar-refractivity contribution in [2.45, 2.75) is 57.5 Å². The topological polar surface area (TPSA) is 81.5 Å². The monoisotopic (exact) mass is 342 g/mol. The van der Waals surface area contributed by atoms with E-state index in [0.717, 1.165) is 31.2 Å². The van der Waals surface area contributed by atoms with E-state index in [1.165, 1.54) is 17.5 Å². The van der Waals surface area contributed by atoms with Crippen molar-refractivity contribution in [1.82, 2.24) is 19.5 Å². The Balaban J connectivity index is 1.60. The molecule has 7 heteroatoms. The standard InChI is InChI=1S/C18H22N4O3/c1-12(17(23)20-13-6-4-2-3-5-7-13)22-18(24)15-10-16-14(8-9-25-16)21(15)11-19-22/h8-13H,2-7H2,1H3,(H,20,23). The third-order valence-electron chi connectivity index (χ3n) is 5.13. The maximum Gasteiger partial charge on any atom is 0.291 e. The van der Waals surface area contributed by atoms with Gasteiger partial charge in [-0.15, -0.1) is 0 Å². The van der Waals surface area contributed by atoms with Gasteiger partial charge in [0.25, 0.3) is 5.56 Å². The highest BCUT2D eigenvalue weighted by Crippen LogP contribution is 2.20. The fraction of sp³-hybridized carbons (Fsp3) is 0.500. The summed E-state index contributed by atoms with van der Waals surface area (Å²) in [5, 5.41) is 7.30. The summed E-state index contributed by atoms with van der Waals surface area (Å²) in [5.74, 6) is -0.152. The first-order valence-electron chi connectivity index (χ1n) is 8.91. The number of nitrogens with zero attached hydrogens (tertiary/aromatic N) is 3. The highest BCUT2D eigenvalue weighted by molar-refractivity contribution is 5.82. The number of carbonyl (C=O) groups excluding carboxylic acids is 1. The summed E-state index contributed by atoms with van der Waals surface area (Å²) in [6.07, 6.45) is 9.91. The van der Waals surface area contributed by atoms with Gasteiger partial charge in [0.1, 0.15) is 17.9 Å². The summed E-state index contributed by atoms with van der Waals surface area (Å²) in [7, 11) is 0. The van der Waals surface area contributed by atoms with Crippen LogP contribution >= 0.6 is 0 Å². The van der Waals surface area contributed by atoms with Crippen molar-refractivity contribution in [3.63, 3.8) is 0 Å². The zero-order chi connectivity index (χ0) is 17.4. The third-order valence-corrected chi connectivity index (χ3v) is 5.13. The number of nitrogens with one attached hydrogen (secondary N) is 1. The van der Waals surface area contributed by atoms with Crippen LogP contribution < -0.4 is 10.9 Å². The molecule has 3 heterocycles. The lowest BCUT2D eigenvalue weighted by Crippen LogP contribution is -2.42. The molecule has 1 atom stereocenters. The van der Waals surface area contributed by atoms with Gasteiger partial charge < -0.3 is 9.73 Å². The maximum atomic E-state index is 12.7. The van der Waals surface area contributed by atoms with Gasteiger partial charge in [-0.3, -0.25) is 14.0 Å². The lowest BCUT2D eigenvalue weighted by Gasteiger charge is -2.20. The molecule has 132 valence electrons. The van der Waals surface area contributed by atoms with Crippen LogP contribution in [-0.2, 0) is 4.79 Å². The Kier molecular flexibility index (Phi) is 4.07. The third kappa shape index (κ3) is 2.83. The van der Waals surface area contributed by atoms with Gasteiger partial charge >= 0.3 is 0 Å². The van der Waals surface area contributed by atoms with Gasteiger partial charge in [0.15, 0.2) is 5.58 Å². The number of amides is 1. The van der Waals surface area contributed by atoms with E-state index in [-0.39, 0.29) is 17.5 Å². The molecule has 3 aromatic rings. The molecule has 4 rings (SSSR count). The van der Waals surface area contributed by atoms with E-state index in [4.69, 9.17) is 4.42 Å². The Morgan fingerprint density at radius 1 is 1.28 bits per heavy atom. The summed E-state index contributed by atoms with van der Waals surface area (Å²) in [6.45, 7) is 1.71. The van der Waals surface area contributed by atoms with Gasteiger partial charge in [0.05, 0.1) is 11.8 Å². The summed E-state index contributed by atoms with van der Waals surface area (Å²) in [5.41, 5.74) is 1.59. The van der Waals surface area contributed by atoms with Crippen LogP contribution in [0.4, 0.5) is 0 Å². The van der Waals surface area contributed by atoms with E-state index in [0.29, 0.717) is 11.1 Å². The average Bonchev–Trinajstić information content (AvgIpc) is 3.10. The highest BCUT2D eigenvalue weighted by Gasteiger charge is 2.23. The van der Waals surface area contributed by atoms with E-state index >= 15 is 0 Å². The molecule has 1 unspecified atom stereocenters.